The van der Waals surface area contributed by atoms with Gasteiger partial charge in [0.05, 0.1) is 10.7 Å². The van der Waals surface area contributed by atoms with Gasteiger partial charge in [0.25, 0.3) is 0 Å². The molecule has 0 saturated heterocycles. The standard InChI is InChI=1S/C14H21N3O2S/c1-9-7-12(17(2)16-9)20-11-5-6-14(8-11,13(18)19)15-10-3-4-10/h7,10-11,15H,3-6,8H2,1-2H3,(H,18,19). The first kappa shape index (κ1) is 13.9. The molecule has 5 nitrogen and oxygen atoms in total. The highest BCUT2D eigenvalue weighted by Gasteiger charge is 2.48. The molecule has 0 radical (unpaired) electrons. The highest BCUT2D eigenvalue weighted by Crippen LogP contribution is 2.42. The fraction of sp³-hybridized carbons (Fsp3) is 0.714. The second-order valence-electron chi connectivity index (χ2n) is 6.04. The first-order chi connectivity index (χ1) is 9.48. The van der Waals surface area contributed by atoms with Crippen LogP contribution in [-0.4, -0.2) is 37.7 Å². The predicted molar refractivity (Wildman–Crippen MR) is 78.0 cm³/mol. The molecule has 6 heteroatoms. The Labute approximate surface area is 123 Å². The van der Waals surface area contributed by atoms with E-state index in [1.807, 2.05) is 18.7 Å². The lowest BCUT2D eigenvalue weighted by atomic mass is 9.98. The Hall–Kier alpha value is -1.01. The number of hydrogen-bond acceptors (Lipinski definition) is 4. The van der Waals surface area contributed by atoms with Gasteiger partial charge in [-0.15, -0.1) is 11.8 Å². The van der Waals surface area contributed by atoms with Gasteiger partial charge in [-0.05, 0) is 45.1 Å². The minimum absolute atomic E-state index is 0.354. The van der Waals surface area contributed by atoms with Crippen molar-refractivity contribution in [2.24, 2.45) is 7.05 Å². The number of carboxylic acid groups (broad SMARTS) is 1. The maximum atomic E-state index is 11.7. The summed E-state index contributed by atoms with van der Waals surface area (Å²) in [7, 11) is 1.94. The molecule has 0 amide bonds. The summed E-state index contributed by atoms with van der Waals surface area (Å²) in [5.41, 5.74) is 0.306. The van der Waals surface area contributed by atoms with Crippen molar-refractivity contribution in [2.75, 3.05) is 0 Å². The Balaban J connectivity index is 1.68. The summed E-state index contributed by atoms with van der Waals surface area (Å²) in [5.74, 6) is -0.686. The van der Waals surface area contributed by atoms with E-state index in [1.165, 1.54) is 0 Å². The molecule has 0 aliphatic heterocycles. The summed E-state index contributed by atoms with van der Waals surface area (Å²) < 4.78 is 1.88. The molecule has 0 spiro atoms. The monoisotopic (exact) mass is 295 g/mol. The van der Waals surface area contributed by atoms with Gasteiger partial charge < -0.3 is 5.11 Å². The normalized spacial score (nSPS) is 29.8. The fourth-order valence-corrected chi connectivity index (χ4v) is 4.35. The second kappa shape index (κ2) is 5.07. The van der Waals surface area contributed by atoms with Crippen LogP contribution in [0.4, 0.5) is 0 Å². The number of aryl methyl sites for hydroxylation is 2. The molecule has 0 aromatic carbocycles. The molecule has 2 atom stereocenters. The molecule has 1 aromatic heterocycles. The average Bonchev–Trinajstić information content (AvgIpc) is 2.99. The number of nitrogens with zero attached hydrogens (tertiary/aromatic N) is 2. The van der Waals surface area contributed by atoms with Crippen LogP contribution in [0.3, 0.4) is 0 Å². The van der Waals surface area contributed by atoms with Crippen LogP contribution in [0.5, 0.6) is 0 Å². The largest absolute Gasteiger partial charge is 0.480 e. The molecule has 2 fully saturated rings. The average molecular weight is 295 g/mol. The zero-order chi connectivity index (χ0) is 14.3. The Bertz CT molecular complexity index is 526. The first-order valence-corrected chi connectivity index (χ1v) is 8.05. The van der Waals surface area contributed by atoms with Crippen molar-refractivity contribution >= 4 is 17.7 Å². The van der Waals surface area contributed by atoms with E-state index in [-0.39, 0.29) is 0 Å². The molecular weight excluding hydrogens is 274 g/mol. The number of carboxylic acids is 1. The molecular formula is C14H21N3O2S. The number of thioether (sulfide) groups is 1. The SMILES string of the molecule is Cc1cc(SC2CCC(NC3CC3)(C(=O)O)C2)n(C)n1. The molecule has 1 heterocycles. The molecule has 1 aromatic rings. The number of nitrogens with one attached hydrogen (secondary N) is 1. The van der Waals surface area contributed by atoms with Crippen LogP contribution in [0.25, 0.3) is 0 Å². The Morgan fingerprint density at radius 3 is 2.85 bits per heavy atom. The summed E-state index contributed by atoms with van der Waals surface area (Å²) >= 11 is 1.76. The molecule has 2 unspecified atom stereocenters. The van der Waals surface area contributed by atoms with Gasteiger partial charge in [0.2, 0.25) is 0 Å². The lowest BCUT2D eigenvalue weighted by molar-refractivity contribution is -0.144. The molecule has 2 N–H and O–H groups in total. The van der Waals surface area contributed by atoms with Crippen molar-refractivity contribution in [3.05, 3.63) is 11.8 Å². The van der Waals surface area contributed by atoms with Gasteiger partial charge in [0.15, 0.2) is 0 Å². The fourth-order valence-electron chi connectivity index (χ4n) is 2.97. The number of aliphatic carboxylic acids is 1. The topological polar surface area (TPSA) is 67.2 Å². The van der Waals surface area contributed by atoms with Crippen molar-refractivity contribution in [1.82, 2.24) is 15.1 Å². The van der Waals surface area contributed by atoms with E-state index in [1.54, 1.807) is 11.8 Å². The van der Waals surface area contributed by atoms with E-state index >= 15 is 0 Å². The molecule has 3 rings (SSSR count). The molecule has 20 heavy (non-hydrogen) atoms. The maximum absolute atomic E-state index is 11.7. The van der Waals surface area contributed by atoms with Crippen LogP contribution in [0.2, 0.25) is 0 Å². The predicted octanol–water partition coefficient (Wildman–Crippen LogP) is 1.95. The van der Waals surface area contributed by atoms with Crippen LogP contribution in [0.15, 0.2) is 11.1 Å². The van der Waals surface area contributed by atoms with Crippen molar-refractivity contribution < 1.29 is 9.90 Å². The van der Waals surface area contributed by atoms with E-state index in [2.05, 4.69) is 16.5 Å². The summed E-state index contributed by atoms with van der Waals surface area (Å²) in [6, 6.07) is 2.49. The molecule has 0 bridgehead atoms. The van der Waals surface area contributed by atoms with Gasteiger partial charge in [0, 0.05) is 18.3 Å². The van der Waals surface area contributed by atoms with Crippen molar-refractivity contribution in [2.45, 2.75) is 60.9 Å². The zero-order valence-electron chi connectivity index (χ0n) is 11.9. The molecule has 2 saturated carbocycles. The van der Waals surface area contributed by atoms with E-state index < -0.39 is 11.5 Å². The van der Waals surface area contributed by atoms with Crippen molar-refractivity contribution in [1.29, 1.82) is 0 Å². The third kappa shape index (κ3) is 2.72. The Kier molecular flexibility index (Phi) is 3.54. The number of aromatic nitrogens is 2. The molecule has 2 aliphatic rings. The van der Waals surface area contributed by atoms with Gasteiger partial charge in [-0.1, -0.05) is 0 Å². The van der Waals surface area contributed by atoms with Crippen molar-refractivity contribution in [3.8, 4) is 0 Å². The van der Waals surface area contributed by atoms with Gasteiger partial charge in [-0.25, -0.2) is 0 Å². The van der Waals surface area contributed by atoms with Crippen LogP contribution >= 0.6 is 11.8 Å². The zero-order valence-corrected chi connectivity index (χ0v) is 12.7. The number of rotatable bonds is 5. The highest BCUT2D eigenvalue weighted by atomic mass is 32.2. The third-order valence-electron chi connectivity index (χ3n) is 4.18. The second-order valence-corrected chi connectivity index (χ2v) is 7.36. The number of hydrogen-bond donors (Lipinski definition) is 2. The maximum Gasteiger partial charge on any atom is 0.323 e. The summed E-state index contributed by atoms with van der Waals surface area (Å²) in [5, 5.41) is 18.8. The summed E-state index contributed by atoms with van der Waals surface area (Å²) in [6.45, 7) is 1.98. The summed E-state index contributed by atoms with van der Waals surface area (Å²) in [6.07, 6.45) is 4.61. The van der Waals surface area contributed by atoms with E-state index in [0.29, 0.717) is 17.7 Å². The lowest BCUT2D eigenvalue weighted by Crippen LogP contribution is -2.51. The van der Waals surface area contributed by atoms with E-state index in [9.17, 15) is 9.90 Å². The first-order valence-electron chi connectivity index (χ1n) is 7.17. The lowest BCUT2D eigenvalue weighted by Gasteiger charge is -2.26. The Morgan fingerprint density at radius 1 is 1.55 bits per heavy atom. The van der Waals surface area contributed by atoms with Crippen molar-refractivity contribution in [3.63, 3.8) is 0 Å². The van der Waals surface area contributed by atoms with Crippen LogP contribution < -0.4 is 5.32 Å². The van der Waals surface area contributed by atoms with E-state index in [0.717, 1.165) is 36.4 Å². The van der Waals surface area contributed by atoms with Gasteiger partial charge in [-0.3, -0.25) is 14.8 Å². The minimum Gasteiger partial charge on any atom is -0.480 e. The van der Waals surface area contributed by atoms with E-state index in [4.69, 9.17) is 0 Å². The van der Waals surface area contributed by atoms with Crippen LogP contribution in [-0.2, 0) is 11.8 Å². The molecule has 110 valence electrons. The van der Waals surface area contributed by atoms with Gasteiger partial charge >= 0.3 is 5.97 Å². The smallest absolute Gasteiger partial charge is 0.323 e. The molecule has 2 aliphatic carbocycles. The highest BCUT2D eigenvalue weighted by molar-refractivity contribution is 7.99. The minimum atomic E-state index is -0.702. The third-order valence-corrected chi connectivity index (χ3v) is 5.54. The number of carbonyl (C=O) groups is 1. The summed E-state index contributed by atoms with van der Waals surface area (Å²) in [4.78, 5) is 11.7. The van der Waals surface area contributed by atoms with Crippen LogP contribution in [0.1, 0.15) is 37.8 Å². The quantitative estimate of drug-likeness (QED) is 0.869. The van der Waals surface area contributed by atoms with Gasteiger partial charge in [0.1, 0.15) is 5.54 Å². The van der Waals surface area contributed by atoms with Gasteiger partial charge in [-0.2, -0.15) is 5.10 Å². The van der Waals surface area contributed by atoms with Crippen LogP contribution in [0, 0.1) is 6.92 Å². The Morgan fingerprint density at radius 2 is 2.30 bits per heavy atom.